The van der Waals surface area contributed by atoms with Crippen LogP contribution in [0.1, 0.15) is 30.5 Å². The highest BCUT2D eigenvalue weighted by Gasteiger charge is 2.37. The molecule has 2 rings (SSSR count). The molecule has 1 aliphatic heterocycles. The number of thiazole rings is 1. The lowest BCUT2D eigenvalue weighted by atomic mass is 9.82. The second-order valence-corrected chi connectivity index (χ2v) is 6.01. The lowest BCUT2D eigenvalue weighted by Gasteiger charge is -2.37. The van der Waals surface area contributed by atoms with E-state index in [1.807, 2.05) is 19.2 Å². The maximum absolute atomic E-state index is 11.2. The van der Waals surface area contributed by atoms with Crippen molar-refractivity contribution >= 4 is 17.3 Å². The summed E-state index contributed by atoms with van der Waals surface area (Å²) in [6.07, 6.45) is 1.73. The summed E-state index contributed by atoms with van der Waals surface area (Å²) in [7, 11) is 0. The average molecular weight is 254 g/mol. The first-order valence-corrected chi connectivity index (χ1v) is 6.74. The maximum atomic E-state index is 11.2. The number of carboxylic acids is 1. The second kappa shape index (κ2) is 4.74. The number of nitrogens with zero attached hydrogens (tertiary/aromatic N) is 2. The van der Waals surface area contributed by atoms with E-state index in [9.17, 15) is 9.90 Å². The molecule has 0 aliphatic carbocycles. The Morgan fingerprint density at radius 3 is 3.06 bits per heavy atom. The Bertz CT molecular complexity index is 418. The van der Waals surface area contributed by atoms with Crippen molar-refractivity contribution in [3.8, 4) is 0 Å². The van der Waals surface area contributed by atoms with E-state index in [1.165, 1.54) is 0 Å². The number of aryl methyl sites for hydroxylation is 1. The molecule has 1 unspecified atom stereocenters. The average Bonchev–Trinajstić information content (AvgIpc) is 2.64. The zero-order valence-corrected chi connectivity index (χ0v) is 11.1. The predicted molar refractivity (Wildman–Crippen MR) is 67.1 cm³/mol. The minimum absolute atomic E-state index is 0.593. The smallest absolute Gasteiger partial charge is 0.310 e. The minimum atomic E-state index is -0.683. The van der Waals surface area contributed by atoms with Crippen LogP contribution >= 0.6 is 11.3 Å². The van der Waals surface area contributed by atoms with E-state index < -0.39 is 11.4 Å². The molecule has 94 valence electrons. The minimum Gasteiger partial charge on any atom is -0.481 e. The summed E-state index contributed by atoms with van der Waals surface area (Å²) in [6, 6.07) is 0. The molecular formula is C12H18N2O2S. The van der Waals surface area contributed by atoms with Gasteiger partial charge in [-0.1, -0.05) is 0 Å². The molecule has 1 aliphatic rings. The molecular weight excluding hydrogens is 236 g/mol. The second-order valence-electron chi connectivity index (χ2n) is 5.06. The number of carbonyl (C=O) groups is 1. The summed E-state index contributed by atoms with van der Waals surface area (Å²) in [5.74, 6) is -0.683. The van der Waals surface area contributed by atoms with E-state index in [0.29, 0.717) is 6.54 Å². The topological polar surface area (TPSA) is 53.4 Å². The lowest BCUT2D eigenvalue weighted by molar-refractivity contribution is -0.151. The molecule has 5 heteroatoms. The van der Waals surface area contributed by atoms with Crippen LogP contribution in [0.4, 0.5) is 0 Å². The summed E-state index contributed by atoms with van der Waals surface area (Å²) in [4.78, 5) is 17.9. The van der Waals surface area contributed by atoms with Crippen LogP contribution in [0, 0.1) is 12.3 Å². The van der Waals surface area contributed by atoms with E-state index in [4.69, 9.17) is 0 Å². The first-order valence-electron chi connectivity index (χ1n) is 5.86. The highest BCUT2D eigenvalue weighted by atomic mass is 32.1. The predicted octanol–water partition coefficient (Wildman–Crippen LogP) is 2.14. The molecule has 1 atom stereocenters. The van der Waals surface area contributed by atoms with Crippen molar-refractivity contribution in [2.45, 2.75) is 33.2 Å². The Morgan fingerprint density at radius 1 is 1.71 bits per heavy atom. The summed E-state index contributed by atoms with van der Waals surface area (Å²) in [6.45, 7) is 6.20. The van der Waals surface area contributed by atoms with Crippen molar-refractivity contribution in [3.05, 3.63) is 16.1 Å². The lowest BCUT2D eigenvalue weighted by Crippen LogP contribution is -2.45. The van der Waals surface area contributed by atoms with E-state index in [1.54, 1.807) is 11.3 Å². The molecule has 1 fully saturated rings. The van der Waals surface area contributed by atoms with Gasteiger partial charge < -0.3 is 5.11 Å². The molecule has 1 N–H and O–H groups in total. The zero-order valence-electron chi connectivity index (χ0n) is 10.3. The van der Waals surface area contributed by atoms with Gasteiger partial charge in [-0.3, -0.25) is 9.69 Å². The van der Waals surface area contributed by atoms with E-state index in [-0.39, 0.29) is 0 Å². The van der Waals surface area contributed by atoms with E-state index >= 15 is 0 Å². The van der Waals surface area contributed by atoms with E-state index in [2.05, 4.69) is 9.88 Å². The summed E-state index contributed by atoms with van der Waals surface area (Å²) in [5.41, 5.74) is 0.452. The normalized spacial score (nSPS) is 26.0. The highest BCUT2D eigenvalue weighted by molar-refractivity contribution is 7.09. The zero-order chi connectivity index (χ0) is 12.5. The van der Waals surface area contributed by atoms with Gasteiger partial charge in [-0.25, -0.2) is 4.98 Å². The SMILES string of the molecule is Cc1csc(CN2CCCC(C)(C(=O)O)C2)n1. The van der Waals surface area contributed by atoms with Gasteiger partial charge in [0, 0.05) is 17.6 Å². The van der Waals surface area contributed by atoms with Crippen LogP contribution in [-0.2, 0) is 11.3 Å². The van der Waals surface area contributed by atoms with Gasteiger partial charge in [0.15, 0.2) is 0 Å². The maximum Gasteiger partial charge on any atom is 0.310 e. The first kappa shape index (κ1) is 12.5. The molecule has 0 aromatic carbocycles. The van der Waals surface area contributed by atoms with Crippen LogP contribution in [0.2, 0.25) is 0 Å². The Balaban J connectivity index is 2.00. The fourth-order valence-electron chi connectivity index (χ4n) is 2.32. The van der Waals surface area contributed by atoms with Crippen LogP contribution in [0.15, 0.2) is 5.38 Å². The largest absolute Gasteiger partial charge is 0.481 e. The molecule has 1 aromatic rings. The quantitative estimate of drug-likeness (QED) is 0.898. The third kappa shape index (κ3) is 2.84. The number of hydrogen-bond donors (Lipinski definition) is 1. The third-order valence-electron chi connectivity index (χ3n) is 3.32. The molecule has 0 saturated carbocycles. The van der Waals surface area contributed by atoms with Crippen molar-refractivity contribution in [2.24, 2.45) is 5.41 Å². The summed E-state index contributed by atoms with van der Waals surface area (Å²) in [5, 5.41) is 12.4. The van der Waals surface area contributed by atoms with Crippen molar-refractivity contribution in [1.82, 2.24) is 9.88 Å². The Kier molecular flexibility index (Phi) is 3.49. The number of aliphatic carboxylic acids is 1. The number of likely N-dealkylation sites (tertiary alicyclic amines) is 1. The highest BCUT2D eigenvalue weighted by Crippen LogP contribution is 2.30. The standard InChI is InChI=1S/C12H18N2O2S/c1-9-7-17-10(13-9)6-14-5-3-4-12(2,8-14)11(15)16/h7H,3-6,8H2,1-2H3,(H,15,16). The van der Waals surface area contributed by atoms with Gasteiger partial charge in [-0.2, -0.15) is 0 Å². The molecule has 4 nitrogen and oxygen atoms in total. The van der Waals surface area contributed by atoms with Gasteiger partial charge in [0.25, 0.3) is 0 Å². The van der Waals surface area contributed by atoms with Gasteiger partial charge in [-0.15, -0.1) is 11.3 Å². The van der Waals surface area contributed by atoms with Crippen molar-refractivity contribution < 1.29 is 9.90 Å². The molecule has 17 heavy (non-hydrogen) atoms. The fraction of sp³-hybridized carbons (Fsp3) is 0.667. The van der Waals surface area contributed by atoms with Gasteiger partial charge >= 0.3 is 5.97 Å². The van der Waals surface area contributed by atoms with Crippen LogP contribution in [0.5, 0.6) is 0 Å². The van der Waals surface area contributed by atoms with Crippen LogP contribution in [0.3, 0.4) is 0 Å². The Labute approximate surface area is 105 Å². The molecule has 0 bridgehead atoms. The monoisotopic (exact) mass is 254 g/mol. The first-order chi connectivity index (χ1) is 7.99. The number of aromatic nitrogens is 1. The van der Waals surface area contributed by atoms with Crippen molar-refractivity contribution in [2.75, 3.05) is 13.1 Å². The van der Waals surface area contributed by atoms with Gasteiger partial charge in [0.1, 0.15) is 5.01 Å². The summed E-state index contributed by atoms with van der Waals surface area (Å²) < 4.78 is 0. The van der Waals surface area contributed by atoms with Crippen LogP contribution < -0.4 is 0 Å². The van der Waals surface area contributed by atoms with Gasteiger partial charge in [-0.05, 0) is 33.2 Å². The molecule has 2 heterocycles. The molecule has 0 spiro atoms. The Hall–Kier alpha value is -0.940. The van der Waals surface area contributed by atoms with Crippen molar-refractivity contribution in [3.63, 3.8) is 0 Å². The number of carboxylic acid groups (broad SMARTS) is 1. The van der Waals surface area contributed by atoms with E-state index in [0.717, 1.165) is 36.6 Å². The third-order valence-corrected chi connectivity index (χ3v) is 4.27. The number of rotatable bonds is 3. The van der Waals surface area contributed by atoms with Gasteiger partial charge in [0.2, 0.25) is 0 Å². The van der Waals surface area contributed by atoms with Crippen molar-refractivity contribution in [1.29, 1.82) is 0 Å². The van der Waals surface area contributed by atoms with Crippen LogP contribution in [-0.4, -0.2) is 34.0 Å². The fourth-order valence-corrected chi connectivity index (χ4v) is 3.13. The molecule has 0 amide bonds. The number of piperidine rings is 1. The Morgan fingerprint density at radius 2 is 2.47 bits per heavy atom. The van der Waals surface area contributed by atoms with Gasteiger partial charge in [0.05, 0.1) is 12.0 Å². The molecule has 0 radical (unpaired) electrons. The summed E-state index contributed by atoms with van der Waals surface area (Å²) >= 11 is 1.65. The number of hydrogen-bond acceptors (Lipinski definition) is 4. The molecule has 1 aromatic heterocycles. The van der Waals surface area contributed by atoms with Crippen LogP contribution in [0.25, 0.3) is 0 Å². The molecule has 1 saturated heterocycles.